The van der Waals surface area contributed by atoms with Gasteiger partial charge in [0.2, 0.25) is 0 Å². The lowest BCUT2D eigenvalue weighted by molar-refractivity contribution is 0.0981. The number of hydrogen-bond donors (Lipinski definition) is 1. The van der Waals surface area contributed by atoms with E-state index in [1.165, 1.54) is 11.1 Å². The molecule has 1 N–H and O–H groups in total. The molecule has 20 heavy (non-hydrogen) atoms. The maximum absolute atomic E-state index is 5.48. The highest BCUT2D eigenvalue weighted by Gasteiger charge is 2.30. The van der Waals surface area contributed by atoms with E-state index < -0.39 is 0 Å². The molecule has 0 saturated carbocycles. The van der Waals surface area contributed by atoms with Crippen LogP contribution in [-0.2, 0) is 11.2 Å². The van der Waals surface area contributed by atoms with Crippen molar-refractivity contribution in [1.82, 2.24) is 10.2 Å². The number of likely N-dealkylation sites (N-methyl/N-ethyl adjacent to an activating group) is 1. The normalized spacial score (nSPS) is 22.9. The van der Waals surface area contributed by atoms with Gasteiger partial charge in [0, 0.05) is 32.3 Å². The summed E-state index contributed by atoms with van der Waals surface area (Å²) in [7, 11) is 3.87. The Bertz CT molecular complexity index is 404. The Balaban J connectivity index is 2.06. The Hall–Kier alpha value is -0.900. The first kappa shape index (κ1) is 15.5. The van der Waals surface area contributed by atoms with Crippen LogP contribution in [0.15, 0.2) is 24.3 Å². The molecule has 112 valence electrons. The van der Waals surface area contributed by atoms with Crippen molar-refractivity contribution in [1.29, 1.82) is 0 Å². The molecule has 3 heteroatoms. The topological polar surface area (TPSA) is 24.5 Å². The van der Waals surface area contributed by atoms with Crippen molar-refractivity contribution in [3.8, 4) is 0 Å². The molecule has 2 rings (SSSR count). The Labute approximate surface area is 123 Å². The summed E-state index contributed by atoms with van der Waals surface area (Å²) in [5.74, 6) is 0. The first-order chi connectivity index (χ1) is 9.69. The summed E-state index contributed by atoms with van der Waals surface area (Å²) in [6.07, 6.45) is 2.64. The van der Waals surface area contributed by atoms with Crippen molar-refractivity contribution in [2.24, 2.45) is 0 Å². The Morgan fingerprint density at radius 2 is 2.05 bits per heavy atom. The molecular weight excluding hydrogens is 248 g/mol. The number of ether oxygens (including phenoxy) is 1. The van der Waals surface area contributed by atoms with Crippen LogP contribution in [0.5, 0.6) is 0 Å². The van der Waals surface area contributed by atoms with E-state index in [9.17, 15) is 0 Å². The standard InChI is InChI=1S/C17H28N2O/c1-5-14-6-8-15(9-7-14)17(18-3)13(2)19-11-10-16(12-19)20-4/h6-9,13,16-18H,5,10-12H2,1-4H3. The van der Waals surface area contributed by atoms with Crippen LogP contribution in [-0.4, -0.2) is 44.3 Å². The maximum Gasteiger partial charge on any atom is 0.0710 e. The minimum atomic E-state index is 0.372. The van der Waals surface area contributed by atoms with Crippen LogP contribution >= 0.6 is 0 Å². The molecule has 3 unspecified atom stereocenters. The quantitative estimate of drug-likeness (QED) is 0.864. The summed E-state index contributed by atoms with van der Waals surface area (Å²) in [5.41, 5.74) is 2.77. The van der Waals surface area contributed by atoms with Crippen molar-refractivity contribution in [3.63, 3.8) is 0 Å². The van der Waals surface area contributed by atoms with Gasteiger partial charge in [-0.3, -0.25) is 4.90 Å². The Kier molecular flexibility index (Phi) is 5.58. The van der Waals surface area contributed by atoms with E-state index in [0.717, 1.165) is 25.9 Å². The maximum atomic E-state index is 5.48. The number of nitrogens with one attached hydrogen (secondary N) is 1. The van der Waals surface area contributed by atoms with Crippen LogP contribution in [0.1, 0.15) is 37.4 Å². The lowest BCUT2D eigenvalue weighted by atomic mass is 9.98. The van der Waals surface area contributed by atoms with Crippen molar-refractivity contribution in [2.75, 3.05) is 27.2 Å². The summed E-state index contributed by atoms with van der Waals surface area (Å²) in [5, 5.41) is 3.48. The molecule has 1 aromatic rings. The number of nitrogens with zero attached hydrogens (tertiary/aromatic N) is 1. The van der Waals surface area contributed by atoms with Gasteiger partial charge in [-0.1, -0.05) is 31.2 Å². The molecule has 1 aliphatic rings. The lowest BCUT2D eigenvalue weighted by Gasteiger charge is -2.32. The minimum absolute atomic E-state index is 0.372. The highest BCUT2D eigenvalue weighted by Crippen LogP contribution is 2.25. The zero-order chi connectivity index (χ0) is 14.5. The van der Waals surface area contributed by atoms with Crippen molar-refractivity contribution in [3.05, 3.63) is 35.4 Å². The molecule has 1 aliphatic heterocycles. The second-order valence-electron chi connectivity index (χ2n) is 5.74. The molecule has 0 aliphatic carbocycles. The van der Waals surface area contributed by atoms with Crippen molar-refractivity contribution < 1.29 is 4.74 Å². The summed E-state index contributed by atoms with van der Waals surface area (Å²) >= 11 is 0. The number of methoxy groups -OCH3 is 1. The molecule has 1 fully saturated rings. The lowest BCUT2D eigenvalue weighted by Crippen LogP contribution is -2.41. The van der Waals surface area contributed by atoms with Crippen LogP contribution in [0.3, 0.4) is 0 Å². The predicted molar refractivity (Wildman–Crippen MR) is 84.1 cm³/mol. The van der Waals surface area contributed by atoms with E-state index in [4.69, 9.17) is 4.74 Å². The zero-order valence-electron chi connectivity index (χ0n) is 13.2. The van der Waals surface area contributed by atoms with Gasteiger partial charge in [-0.15, -0.1) is 0 Å². The average Bonchev–Trinajstić information content (AvgIpc) is 2.97. The third-order valence-electron chi connectivity index (χ3n) is 4.63. The van der Waals surface area contributed by atoms with Crippen LogP contribution in [0.4, 0.5) is 0 Å². The summed E-state index contributed by atoms with van der Waals surface area (Å²) < 4.78 is 5.48. The Morgan fingerprint density at radius 1 is 1.35 bits per heavy atom. The molecule has 0 bridgehead atoms. The van der Waals surface area contributed by atoms with E-state index >= 15 is 0 Å². The van der Waals surface area contributed by atoms with Gasteiger partial charge in [0.15, 0.2) is 0 Å². The molecule has 1 heterocycles. The van der Waals surface area contributed by atoms with Crippen LogP contribution < -0.4 is 5.32 Å². The van der Waals surface area contributed by atoms with Crippen molar-refractivity contribution in [2.45, 2.75) is 44.9 Å². The van der Waals surface area contributed by atoms with Gasteiger partial charge in [-0.2, -0.15) is 0 Å². The molecule has 0 amide bonds. The number of rotatable bonds is 6. The van der Waals surface area contributed by atoms with E-state index in [2.05, 4.69) is 55.4 Å². The van der Waals surface area contributed by atoms with Gasteiger partial charge < -0.3 is 10.1 Å². The zero-order valence-corrected chi connectivity index (χ0v) is 13.2. The van der Waals surface area contributed by atoms with Crippen LogP contribution in [0, 0.1) is 0 Å². The number of hydrogen-bond acceptors (Lipinski definition) is 3. The van der Waals surface area contributed by atoms with E-state index in [-0.39, 0.29) is 0 Å². The van der Waals surface area contributed by atoms with Gasteiger partial charge in [-0.25, -0.2) is 0 Å². The van der Waals surface area contributed by atoms with E-state index in [0.29, 0.717) is 18.2 Å². The minimum Gasteiger partial charge on any atom is -0.380 e. The molecule has 3 atom stereocenters. The second kappa shape index (κ2) is 7.21. The second-order valence-corrected chi connectivity index (χ2v) is 5.74. The van der Waals surface area contributed by atoms with Crippen molar-refractivity contribution >= 4 is 0 Å². The molecular formula is C17H28N2O. The molecule has 3 nitrogen and oxygen atoms in total. The first-order valence-corrected chi connectivity index (χ1v) is 7.72. The monoisotopic (exact) mass is 276 g/mol. The van der Waals surface area contributed by atoms with Gasteiger partial charge >= 0.3 is 0 Å². The summed E-state index contributed by atoms with van der Waals surface area (Å²) in [6, 6.07) is 9.87. The Morgan fingerprint density at radius 3 is 2.55 bits per heavy atom. The van der Waals surface area contributed by atoms with Gasteiger partial charge in [0.25, 0.3) is 0 Å². The number of benzene rings is 1. The smallest absolute Gasteiger partial charge is 0.0710 e. The SMILES string of the molecule is CCc1ccc(C(NC)C(C)N2CCC(OC)C2)cc1. The fourth-order valence-electron chi connectivity index (χ4n) is 3.17. The van der Waals surface area contributed by atoms with E-state index in [1.54, 1.807) is 0 Å². The predicted octanol–water partition coefficient (Wildman–Crippen LogP) is 2.62. The van der Waals surface area contributed by atoms with Gasteiger partial charge in [-0.05, 0) is 37.9 Å². The van der Waals surface area contributed by atoms with E-state index in [1.807, 2.05) is 7.11 Å². The number of likely N-dealkylation sites (tertiary alicyclic amines) is 1. The molecule has 1 saturated heterocycles. The highest BCUT2D eigenvalue weighted by atomic mass is 16.5. The molecule has 0 radical (unpaired) electrons. The fourth-order valence-corrected chi connectivity index (χ4v) is 3.17. The first-order valence-electron chi connectivity index (χ1n) is 7.72. The average molecular weight is 276 g/mol. The molecule has 0 spiro atoms. The third kappa shape index (κ3) is 3.40. The van der Waals surface area contributed by atoms with Crippen LogP contribution in [0.25, 0.3) is 0 Å². The van der Waals surface area contributed by atoms with Gasteiger partial charge in [0.05, 0.1) is 6.10 Å². The third-order valence-corrected chi connectivity index (χ3v) is 4.63. The molecule has 0 aromatic heterocycles. The largest absolute Gasteiger partial charge is 0.380 e. The fraction of sp³-hybridized carbons (Fsp3) is 0.647. The molecule has 1 aromatic carbocycles. The number of aryl methyl sites for hydroxylation is 1. The highest BCUT2D eigenvalue weighted by molar-refractivity contribution is 5.26. The summed E-state index contributed by atoms with van der Waals surface area (Å²) in [4.78, 5) is 2.53. The van der Waals surface area contributed by atoms with Crippen LogP contribution in [0.2, 0.25) is 0 Å². The van der Waals surface area contributed by atoms with Gasteiger partial charge in [0.1, 0.15) is 0 Å². The summed E-state index contributed by atoms with van der Waals surface area (Å²) in [6.45, 7) is 6.68.